The van der Waals surface area contributed by atoms with Gasteiger partial charge in [0.15, 0.2) is 0 Å². The van der Waals surface area contributed by atoms with Gasteiger partial charge < -0.3 is 15.6 Å². The van der Waals surface area contributed by atoms with E-state index in [0.717, 1.165) is 42.1 Å². The molecule has 0 atom stereocenters. The molecule has 112 valence electrons. The first-order valence-electron chi connectivity index (χ1n) is 7.78. The Morgan fingerprint density at radius 3 is 2.67 bits per heavy atom. The van der Waals surface area contributed by atoms with E-state index in [4.69, 9.17) is 0 Å². The van der Waals surface area contributed by atoms with E-state index in [-0.39, 0.29) is 5.91 Å². The van der Waals surface area contributed by atoms with Crippen molar-refractivity contribution in [2.24, 2.45) is 0 Å². The van der Waals surface area contributed by atoms with Crippen LogP contribution < -0.4 is 10.6 Å². The molecular weight excluding hydrogens is 262 g/mol. The van der Waals surface area contributed by atoms with Crippen LogP contribution in [0.3, 0.4) is 0 Å². The van der Waals surface area contributed by atoms with E-state index in [0.29, 0.717) is 18.5 Å². The lowest BCUT2D eigenvalue weighted by molar-refractivity contribution is -0.121. The molecule has 3 N–H and O–H groups in total. The monoisotopic (exact) mass is 285 g/mol. The van der Waals surface area contributed by atoms with Crippen LogP contribution in [-0.4, -0.2) is 30.0 Å². The fourth-order valence-electron chi connectivity index (χ4n) is 3.26. The second kappa shape index (κ2) is 6.31. The van der Waals surface area contributed by atoms with Gasteiger partial charge in [0.1, 0.15) is 0 Å². The van der Waals surface area contributed by atoms with E-state index in [9.17, 15) is 4.79 Å². The summed E-state index contributed by atoms with van der Waals surface area (Å²) in [5, 5.41) is 7.65. The smallest absolute Gasteiger partial charge is 0.224 e. The van der Waals surface area contributed by atoms with Crippen LogP contribution in [-0.2, 0) is 11.2 Å². The summed E-state index contributed by atoms with van der Waals surface area (Å²) in [6.45, 7) is 0. The first kappa shape index (κ1) is 14.1. The van der Waals surface area contributed by atoms with Crippen LogP contribution in [0.25, 0.3) is 10.9 Å². The van der Waals surface area contributed by atoms with Crippen LogP contribution in [0.15, 0.2) is 30.5 Å². The Morgan fingerprint density at radius 2 is 1.90 bits per heavy atom. The van der Waals surface area contributed by atoms with E-state index in [1.807, 2.05) is 31.4 Å². The van der Waals surface area contributed by atoms with Crippen molar-refractivity contribution in [1.29, 1.82) is 0 Å². The van der Waals surface area contributed by atoms with Crippen molar-refractivity contribution in [1.82, 2.24) is 15.6 Å². The lowest BCUT2D eigenvalue weighted by Gasteiger charge is -2.28. The number of aromatic amines is 1. The topological polar surface area (TPSA) is 56.9 Å². The molecule has 3 rings (SSSR count). The number of aromatic nitrogens is 1. The molecule has 1 heterocycles. The second-order valence-electron chi connectivity index (χ2n) is 5.94. The first-order valence-corrected chi connectivity index (χ1v) is 7.78. The van der Waals surface area contributed by atoms with E-state index in [1.54, 1.807) is 0 Å². The number of amides is 1. The average molecular weight is 285 g/mol. The van der Waals surface area contributed by atoms with Crippen LogP contribution >= 0.6 is 0 Å². The minimum Gasteiger partial charge on any atom is -0.361 e. The van der Waals surface area contributed by atoms with Crippen molar-refractivity contribution in [3.05, 3.63) is 36.0 Å². The van der Waals surface area contributed by atoms with E-state index >= 15 is 0 Å². The Balaban J connectivity index is 1.57. The van der Waals surface area contributed by atoms with Gasteiger partial charge in [-0.1, -0.05) is 18.2 Å². The number of carbonyl (C=O) groups is 1. The molecule has 0 bridgehead atoms. The molecule has 0 spiro atoms. The predicted molar refractivity (Wildman–Crippen MR) is 85.2 cm³/mol. The Bertz CT molecular complexity index is 611. The highest BCUT2D eigenvalue weighted by Gasteiger charge is 2.21. The van der Waals surface area contributed by atoms with Crippen molar-refractivity contribution in [3.8, 4) is 0 Å². The number of para-hydroxylation sites is 1. The molecule has 1 amide bonds. The normalized spacial score (nSPS) is 22.3. The Labute approximate surface area is 125 Å². The molecule has 0 unspecified atom stereocenters. The zero-order chi connectivity index (χ0) is 14.7. The molecule has 4 nitrogen and oxygen atoms in total. The summed E-state index contributed by atoms with van der Waals surface area (Å²) in [6, 6.07) is 9.07. The molecule has 0 aliphatic heterocycles. The first-order chi connectivity index (χ1) is 10.3. The van der Waals surface area contributed by atoms with Gasteiger partial charge in [-0.25, -0.2) is 0 Å². The van der Waals surface area contributed by atoms with Crippen molar-refractivity contribution < 1.29 is 4.79 Å². The van der Waals surface area contributed by atoms with Gasteiger partial charge in [0.2, 0.25) is 5.91 Å². The number of rotatable bonds is 4. The number of fused-ring (bicyclic) bond motifs is 1. The third kappa shape index (κ3) is 3.27. The van der Waals surface area contributed by atoms with Gasteiger partial charge in [0.05, 0.1) is 6.42 Å². The van der Waals surface area contributed by atoms with Crippen molar-refractivity contribution in [2.75, 3.05) is 7.05 Å². The van der Waals surface area contributed by atoms with E-state index in [1.165, 1.54) is 0 Å². The molecule has 1 aliphatic rings. The number of hydrogen-bond acceptors (Lipinski definition) is 2. The molecule has 1 aromatic heterocycles. The number of nitrogens with one attached hydrogen (secondary N) is 3. The maximum absolute atomic E-state index is 12.2. The van der Waals surface area contributed by atoms with Crippen molar-refractivity contribution in [3.63, 3.8) is 0 Å². The molecule has 1 saturated carbocycles. The molecule has 0 saturated heterocycles. The third-order valence-corrected chi connectivity index (χ3v) is 4.53. The second-order valence-corrected chi connectivity index (χ2v) is 5.94. The molecule has 1 aromatic carbocycles. The van der Waals surface area contributed by atoms with Gasteiger partial charge >= 0.3 is 0 Å². The van der Waals surface area contributed by atoms with Crippen LogP contribution in [0.4, 0.5) is 0 Å². The van der Waals surface area contributed by atoms with Crippen molar-refractivity contribution >= 4 is 16.8 Å². The fourth-order valence-corrected chi connectivity index (χ4v) is 3.26. The van der Waals surface area contributed by atoms with Gasteiger partial charge in [0, 0.05) is 29.2 Å². The summed E-state index contributed by atoms with van der Waals surface area (Å²) < 4.78 is 0. The Morgan fingerprint density at radius 1 is 1.19 bits per heavy atom. The van der Waals surface area contributed by atoms with Crippen LogP contribution in [0, 0.1) is 0 Å². The third-order valence-electron chi connectivity index (χ3n) is 4.53. The van der Waals surface area contributed by atoms with Crippen molar-refractivity contribution in [2.45, 2.75) is 44.2 Å². The minimum atomic E-state index is 0.132. The van der Waals surface area contributed by atoms with Crippen LogP contribution in [0.2, 0.25) is 0 Å². The Hall–Kier alpha value is -1.81. The molecule has 0 radical (unpaired) electrons. The minimum absolute atomic E-state index is 0.132. The standard InChI is InChI=1S/C17H23N3O/c1-18-13-6-8-14(9-7-13)20-17(21)10-12-11-19-16-5-3-2-4-15(12)16/h2-5,11,13-14,18-19H,6-10H2,1H3,(H,20,21). The highest BCUT2D eigenvalue weighted by molar-refractivity contribution is 5.88. The predicted octanol–water partition coefficient (Wildman–Crippen LogP) is 2.36. The molecule has 1 aliphatic carbocycles. The summed E-state index contributed by atoms with van der Waals surface area (Å²) in [4.78, 5) is 15.5. The SMILES string of the molecule is CNC1CCC(NC(=O)Cc2c[nH]c3ccccc23)CC1. The van der Waals surface area contributed by atoms with Gasteiger partial charge in [0.25, 0.3) is 0 Å². The molecule has 21 heavy (non-hydrogen) atoms. The quantitative estimate of drug-likeness (QED) is 0.807. The number of benzene rings is 1. The zero-order valence-electron chi connectivity index (χ0n) is 12.5. The number of H-pyrrole nitrogens is 1. The van der Waals surface area contributed by atoms with E-state index < -0.39 is 0 Å². The highest BCUT2D eigenvalue weighted by Crippen LogP contribution is 2.20. The maximum Gasteiger partial charge on any atom is 0.224 e. The molecule has 1 fully saturated rings. The Kier molecular flexibility index (Phi) is 4.25. The van der Waals surface area contributed by atoms with Gasteiger partial charge in [-0.15, -0.1) is 0 Å². The number of carbonyl (C=O) groups excluding carboxylic acids is 1. The number of hydrogen-bond donors (Lipinski definition) is 3. The summed E-state index contributed by atoms with van der Waals surface area (Å²) in [6.07, 6.45) is 6.84. The fraction of sp³-hybridized carbons (Fsp3) is 0.471. The van der Waals surface area contributed by atoms with Crippen LogP contribution in [0.5, 0.6) is 0 Å². The molecule has 4 heteroatoms. The lowest BCUT2D eigenvalue weighted by atomic mass is 9.91. The summed E-state index contributed by atoms with van der Waals surface area (Å²) in [7, 11) is 2.01. The largest absolute Gasteiger partial charge is 0.361 e. The van der Waals surface area contributed by atoms with Crippen LogP contribution in [0.1, 0.15) is 31.2 Å². The summed E-state index contributed by atoms with van der Waals surface area (Å²) >= 11 is 0. The zero-order valence-corrected chi connectivity index (χ0v) is 12.5. The molecule has 2 aromatic rings. The lowest BCUT2D eigenvalue weighted by Crippen LogP contribution is -2.41. The van der Waals surface area contributed by atoms with Gasteiger partial charge in [-0.05, 0) is 44.4 Å². The maximum atomic E-state index is 12.2. The van der Waals surface area contributed by atoms with E-state index in [2.05, 4.69) is 21.7 Å². The molecular formula is C17H23N3O. The summed E-state index contributed by atoms with van der Waals surface area (Å²) in [5.74, 6) is 0.132. The highest BCUT2D eigenvalue weighted by atomic mass is 16.1. The summed E-state index contributed by atoms with van der Waals surface area (Å²) in [5.41, 5.74) is 2.17. The van der Waals surface area contributed by atoms with Gasteiger partial charge in [-0.3, -0.25) is 4.79 Å². The average Bonchev–Trinajstić information content (AvgIpc) is 2.91. The van der Waals surface area contributed by atoms with Gasteiger partial charge in [-0.2, -0.15) is 0 Å².